The van der Waals surface area contributed by atoms with E-state index in [1.54, 1.807) is 18.4 Å². The summed E-state index contributed by atoms with van der Waals surface area (Å²) in [7, 11) is 1.80. The SMILES string of the molecule is CN=C(NCc1nc(-c2ccccc2)cs1)NCc1ccccc1CN1CCOCC1.I. The fraction of sp³-hybridized carbons (Fsp3) is 0.333. The van der Waals surface area contributed by atoms with E-state index in [9.17, 15) is 0 Å². The van der Waals surface area contributed by atoms with Crippen LogP contribution in [0.15, 0.2) is 65.0 Å². The van der Waals surface area contributed by atoms with Crippen molar-refractivity contribution in [3.63, 3.8) is 0 Å². The molecule has 1 aliphatic heterocycles. The molecule has 2 heterocycles. The summed E-state index contributed by atoms with van der Waals surface area (Å²) in [6, 6.07) is 18.9. The fourth-order valence-electron chi connectivity index (χ4n) is 3.58. The van der Waals surface area contributed by atoms with Crippen LogP contribution in [0.4, 0.5) is 0 Å². The summed E-state index contributed by atoms with van der Waals surface area (Å²) in [4.78, 5) is 11.6. The number of hydrogen-bond acceptors (Lipinski definition) is 5. The van der Waals surface area contributed by atoms with Gasteiger partial charge in [-0.15, -0.1) is 35.3 Å². The summed E-state index contributed by atoms with van der Waals surface area (Å²) in [6.45, 7) is 5.95. The lowest BCUT2D eigenvalue weighted by atomic mass is 10.1. The monoisotopic (exact) mass is 563 g/mol. The minimum Gasteiger partial charge on any atom is -0.379 e. The second-order valence-electron chi connectivity index (χ2n) is 7.43. The molecule has 170 valence electrons. The minimum absolute atomic E-state index is 0. The summed E-state index contributed by atoms with van der Waals surface area (Å²) in [5, 5.41) is 9.96. The number of aliphatic imine (C=N–C) groups is 1. The van der Waals surface area contributed by atoms with Gasteiger partial charge in [-0.1, -0.05) is 54.6 Å². The molecule has 0 amide bonds. The predicted octanol–water partition coefficient (Wildman–Crippen LogP) is 4.13. The lowest BCUT2D eigenvalue weighted by Crippen LogP contribution is -2.37. The van der Waals surface area contributed by atoms with Gasteiger partial charge in [0, 0.05) is 44.2 Å². The molecule has 2 N–H and O–H groups in total. The van der Waals surface area contributed by atoms with Crippen LogP contribution in [0.5, 0.6) is 0 Å². The highest BCUT2D eigenvalue weighted by atomic mass is 127. The Kier molecular flexibility index (Phi) is 9.91. The van der Waals surface area contributed by atoms with E-state index < -0.39 is 0 Å². The van der Waals surface area contributed by atoms with Gasteiger partial charge in [0.25, 0.3) is 0 Å². The quantitative estimate of drug-likeness (QED) is 0.257. The van der Waals surface area contributed by atoms with Crippen molar-refractivity contribution >= 4 is 41.3 Å². The highest BCUT2D eigenvalue weighted by Gasteiger charge is 2.13. The number of rotatable bonds is 7. The van der Waals surface area contributed by atoms with Crippen molar-refractivity contribution in [2.75, 3.05) is 33.4 Å². The number of halogens is 1. The lowest BCUT2D eigenvalue weighted by molar-refractivity contribution is 0.0341. The Hall–Kier alpha value is -2.01. The van der Waals surface area contributed by atoms with E-state index >= 15 is 0 Å². The molecule has 0 saturated carbocycles. The molecule has 0 radical (unpaired) electrons. The van der Waals surface area contributed by atoms with Crippen LogP contribution >= 0.6 is 35.3 Å². The Bertz CT molecular complexity index is 989. The molecule has 1 aliphatic rings. The van der Waals surface area contributed by atoms with Crippen LogP contribution in [-0.4, -0.2) is 49.2 Å². The number of thiazole rings is 1. The Balaban J connectivity index is 0.00000289. The number of nitrogens with one attached hydrogen (secondary N) is 2. The van der Waals surface area contributed by atoms with E-state index in [0.717, 1.165) is 61.6 Å². The average molecular weight is 564 g/mol. The second-order valence-corrected chi connectivity index (χ2v) is 8.37. The number of ether oxygens (including phenoxy) is 1. The largest absolute Gasteiger partial charge is 0.379 e. The zero-order valence-corrected chi connectivity index (χ0v) is 21.4. The number of nitrogens with zero attached hydrogens (tertiary/aromatic N) is 3. The van der Waals surface area contributed by atoms with Crippen molar-refractivity contribution in [1.29, 1.82) is 0 Å². The van der Waals surface area contributed by atoms with Crippen LogP contribution in [0.2, 0.25) is 0 Å². The lowest BCUT2D eigenvalue weighted by Gasteiger charge is -2.27. The summed E-state index contributed by atoms with van der Waals surface area (Å²) < 4.78 is 5.47. The summed E-state index contributed by atoms with van der Waals surface area (Å²) in [5.74, 6) is 0.776. The summed E-state index contributed by atoms with van der Waals surface area (Å²) >= 11 is 1.66. The van der Waals surface area contributed by atoms with Crippen LogP contribution in [0, 0.1) is 0 Å². The molecule has 3 aromatic rings. The van der Waals surface area contributed by atoms with Crippen molar-refractivity contribution in [2.24, 2.45) is 4.99 Å². The van der Waals surface area contributed by atoms with Gasteiger partial charge in [0.1, 0.15) is 5.01 Å². The first-order chi connectivity index (χ1) is 15.3. The van der Waals surface area contributed by atoms with Gasteiger partial charge in [-0.05, 0) is 11.1 Å². The zero-order valence-electron chi connectivity index (χ0n) is 18.3. The van der Waals surface area contributed by atoms with Gasteiger partial charge in [-0.2, -0.15) is 0 Å². The van der Waals surface area contributed by atoms with Gasteiger partial charge in [0.2, 0.25) is 0 Å². The Morgan fingerprint density at radius 1 is 1.00 bits per heavy atom. The zero-order chi connectivity index (χ0) is 21.3. The van der Waals surface area contributed by atoms with E-state index in [-0.39, 0.29) is 24.0 Å². The van der Waals surface area contributed by atoms with Crippen LogP contribution in [-0.2, 0) is 24.4 Å². The molecule has 0 spiro atoms. The predicted molar refractivity (Wildman–Crippen MR) is 143 cm³/mol. The maximum Gasteiger partial charge on any atom is 0.191 e. The van der Waals surface area contributed by atoms with E-state index in [2.05, 4.69) is 62.3 Å². The first kappa shape index (κ1) is 24.6. The number of guanidine groups is 1. The normalized spacial score (nSPS) is 14.6. The van der Waals surface area contributed by atoms with Crippen molar-refractivity contribution in [1.82, 2.24) is 20.5 Å². The maximum absolute atomic E-state index is 5.47. The van der Waals surface area contributed by atoms with Gasteiger partial charge in [0.05, 0.1) is 25.5 Å². The highest BCUT2D eigenvalue weighted by molar-refractivity contribution is 14.0. The van der Waals surface area contributed by atoms with Gasteiger partial charge in [-0.25, -0.2) is 4.98 Å². The van der Waals surface area contributed by atoms with Crippen molar-refractivity contribution in [3.8, 4) is 11.3 Å². The van der Waals surface area contributed by atoms with Crippen LogP contribution in [0.3, 0.4) is 0 Å². The van der Waals surface area contributed by atoms with Crippen LogP contribution in [0.1, 0.15) is 16.1 Å². The van der Waals surface area contributed by atoms with Crippen LogP contribution in [0.25, 0.3) is 11.3 Å². The standard InChI is InChI=1S/C24H29N5OS.HI/c1-25-24(27-16-23-28-22(18-31-23)19-7-3-2-4-8-19)26-15-20-9-5-6-10-21(20)17-29-11-13-30-14-12-29;/h2-10,18H,11-17H2,1H3,(H2,25,26,27);1H. The summed E-state index contributed by atoms with van der Waals surface area (Å²) in [5.41, 5.74) is 4.80. The molecular weight excluding hydrogens is 533 g/mol. The Morgan fingerprint density at radius 2 is 1.69 bits per heavy atom. The second kappa shape index (κ2) is 12.9. The molecule has 8 heteroatoms. The van der Waals surface area contributed by atoms with E-state index in [1.807, 2.05) is 18.2 Å². The molecule has 0 unspecified atom stereocenters. The molecule has 1 fully saturated rings. The van der Waals surface area contributed by atoms with Gasteiger partial charge >= 0.3 is 0 Å². The van der Waals surface area contributed by atoms with Gasteiger partial charge in [-0.3, -0.25) is 9.89 Å². The topological polar surface area (TPSA) is 61.8 Å². The Morgan fingerprint density at radius 3 is 2.44 bits per heavy atom. The molecule has 6 nitrogen and oxygen atoms in total. The third kappa shape index (κ3) is 6.99. The number of aromatic nitrogens is 1. The number of benzene rings is 2. The molecule has 0 atom stereocenters. The molecule has 1 saturated heterocycles. The van der Waals surface area contributed by atoms with E-state index in [4.69, 9.17) is 9.72 Å². The molecule has 0 aliphatic carbocycles. The van der Waals surface area contributed by atoms with E-state index in [0.29, 0.717) is 6.54 Å². The molecule has 1 aromatic heterocycles. The van der Waals surface area contributed by atoms with Crippen molar-refractivity contribution < 1.29 is 4.74 Å². The first-order valence-corrected chi connectivity index (χ1v) is 11.5. The van der Waals surface area contributed by atoms with Gasteiger partial charge < -0.3 is 15.4 Å². The number of morpholine rings is 1. The molecule has 4 rings (SSSR count). The smallest absolute Gasteiger partial charge is 0.191 e. The van der Waals surface area contributed by atoms with E-state index in [1.165, 1.54) is 11.1 Å². The average Bonchev–Trinajstić information content (AvgIpc) is 3.30. The molecular formula is C24H30IN5OS. The third-order valence-corrected chi connectivity index (χ3v) is 6.16. The van der Waals surface area contributed by atoms with Crippen LogP contribution < -0.4 is 10.6 Å². The molecule has 32 heavy (non-hydrogen) atoms. The maximum atomic E-state index is 5.47. The van der Waals surface area contributed by atoms with Gasteiger partial charge in [0.15, 0.2) is 5.96 Å². The minimum atomic E-state index is 0. The van der Waals surface area contributed by atoms with Crippen molar-refractivity contribution in [2.45, 2.75) is 19.6 Å². The number of hydrogen-bond donors (Lipinski definition) is 2. The summed E-state index contributed by atoms with van der Waals surface area (Å²) in [6.07, 6.45) is 0. The highest BCUT2D eigenvalue weighted by Crippen LogP contribution is 2.21. The Labute approximate surface area is 211 Å². The third-order valence-electron chi connectivity index (χ3n) is 5.31. The molecule has 2 aromatic carbocycles. The first-order valence-electron chi connectivity index (χ1n) is 10.6. The molecule has 0 bridgehead atoms. The van der Waals surface area contributed by atoms with Crippen molar-refractivity contribution in [3.05, 3.63) is 76.1 Å². The fourth-order valence-corrected chi connectivity index (χ4v) is 4.32.